The number of thiophene rings is 1. The highest BCUT2D eigenvalue weighted by atomic mass is 79.9. The molecule has 24 heavy (non-hydrogen) atoms. The van der Waals surface area contributed by atoms with Crippen molar-refractivity contribution in [2.24, 2.45) is 5.10 Å². The Labute approximate surface area is 152 Å². The Morgan fingerprint density at radius 1 is 1.33 bits per heavy atom. The fraction of sp³-hybridized carbons (Fsp3) is 0.278. The molecule has 0 saturated carbocycles. The smallest absolute Gasteiger partial charge is 0.267 e. The number of hydrogen-bond donors (Lipinski definition) is 0. The van der Waals surface area contributed by atoms with Gasteiger partial charge in [0.05, 0.1) is 11.6 Å². The molecule has 0 unspecified atom stereocenters. The minimum atomic E-state index is -0.0526. The Morgan fingerprint density at radius 2 is 2.17 bits per heavy atom. The first-order valence-corrected chi connectivity index (χ1v) is 9.58. The molecule has 0 bridgehead atoms. The molecule has 2 aromatic heterocycles. The van der Waals surface area contributed by atoms with E-state index in [0.717, 1.165) is 39.5 Å². The summed E-state index contributed by atoms with van der Waals surface area (Å²) in [6.07, 6.45) is 6.09. The summed E-state index contributed by atoms with van der Waals surface area (Å²) in [6.45, 7) is 1.83. The van der Waals surface area contributed by atoms with E-state index in [1.165, 1.54) is 21.5 Å². The van der Waals surface area contributed by atoms with Gasteiger partial charge in [0.2, 0.25) is 0 Å². The summed E-state index contributed by atoms with van der Waals surface area (Å²) in [4.78, 5) is 19.8. The molecule has 0 aliphatic heterocycles. The zero-order valence-corrected chi connectivity index (χ0v) is 15.7. The summed E-state index contributed by atoms with van der Waals surface area (Å²) in [7, 11) is 0. The number of aryl methyl sites for hydroxylation is 3. The number of aromatic nitrogens is 2. The highest BCUT2D eigenvalue weighted by Crippen LogP contribution is 2.33. The third kappa shape index (κ3) is 2.74. The standard InChI is InChI=1S/C18H16BrN3OS/c1-11-21-17-16(14-7-2-3-8-15(14)24-17)18(23)22(11)20-10-12-5-4-6-13(19)9-12/h4-6,9-10H,2-3,7-8H2,1H3. The van der Waals surface area contributed by atoms with E-state index < -0.39 is 0 Å². The SMILES string of the molecule is Cc1nc2sc3c(c2c(=O)n1N=Cc1cccc(Br)c1)CCCC3. The molecular formula is C18H16BrN3OS. The minimum Gasteiger partial charge on any atom is -0.267 e. The highest BCUT2D eigenvalue weighted by molar-refractivity contribution is 9.10. The monoisotopic (exact) mass is 401 g/mol. The van der Waals surface area contributed by atoms with Gasteiger partial charge >= 0.3 is 0 Å². The average Bonchev–Trinajstić information content (AvgIpc) is 2.92. The maximum atomic E-state index is 13.0. The van der Waals surface area contributed by atoms with Crippen LogP contribution in [-0.2, 0) is 12.8 Å². The van der Waals surface area contributed by atoms with Crippen molar-refractivity contribution in [2.75, 3.05) is 0 Å². The van der Waals surface area contributed by atoms with Crippen LogP contribution in [0.1, 0.15) is 34.7 Å². The number of halogens is 1. The van der Waals surface area contributed by atoms with Gasteiger partial charge in [-0.15, -0.1) is 11.3 Å². The Kier molecular flexibility index (Phi) is 4.10. The fourth-order valence-corrected chi connectivity index (χ4v) is 4.86. The van der Waals surface area contributed by atoms with Gasteiger partial charge in [0.1, 0.15) is 10.7 Å². The maximum Gasteiger partial charge on any atom is 0.283 e. The molecule has 4 rings (SSSR count). The Balaban J connectivity index is 1.85. The van der Waals surface area contributed by atoms with Crippen LogP contribution in [0.25, 0.3) is 10.2 Å². The van der Waals surface area contributed by atoms with Gasteiger partial charge in [-0.3, -0.25) is 4.79 Å². The van der Waals surface area contributed by atoms with Gasteiger partial charge in [0.15, 0.2) is 0 Å². The normalized spacial score (nSPS) is 14.4. The van der Waals surface area contributed by atoms with Crippen LogP contribution in [0.3, 0.4) is 0 Å². The van der Waals surface area contributed by atoms with Crippen molar-refractivity contribution >= 4 is 43.7 Å². The summed E-state index contributed by atoms with van der Waals surface area (Å²) in [5, 5.41) is 5.17. The van der Waals surface area contributed by atoms with Crippen LogP contribution in [-0.4, -0.2) is 15.9 Å². The predicted molar refractivity (Wildman–Crippen MR) is 102 cm³/mol. The first-order chi connectivity index (χ1) is 11.6. The lowest BCUT2D eigenvalue weighted by Crippen LogP contribution is -2.21. The summed E-state index contributed by atoms with van der Waals surface area (Å²) in [6, 6.07) is 7.81. The lowest BCUT2D eigenvalue weighted by Gasteiger charge is -2.10. The summed E-state index contributed by atoms with van der Waals surface area (Å²) in [5.41, 5.74) is 2.08. The van der Waals surface area contributed by atoms with Gasteiger partial charge in [-0.05, 0) is 55.9 Å². The van der Waals surface area contributed by atoms with Crippen molar-refractivity contribution in [1.29, 1.82) is 0 Å². The molecule has 2 heterocycles. The summed E-state index contributed by atoms with van der Waals surface area (Å²) in [5.74, 6) is 0.623. The van der Waals surface area contributed by atoms with Crippen LogP contribution in [0.2, 0.25) is 0 Å². The van der Waals surface area contributed by atoms with E-state index in [4.69, 9.17) is 0 Å². The van der Waals surface area contributed by atoms with Crippen LogP contribution in [0.5, 0.6) is 0 Å². The number of rotatable bonds is 2. The quantitative estimate of drug-likeness (QED) is 0.601. The van der Waals surface area contributed by atoms with Crippen molar-refractivity contribution in [3.63, 3.8) is 0 Å². The summed E-state index contributed by atoms with van der Waals surface area (Å²) < 4.78 is 2.40. The Morgan fingerprint density at radius 3 is 3.00 bits per heavy atom. The van der Waals surface area contributed by atoms with E-state index in [2.05, 4.69) is 26.0 Å². The Bertz CT molecular complexity index is 1020. The maximum absolute atomic E-state index is 13.0. The molecule has 0 fully saturated rings. The molecule has 1 aromatic carbocycles. The molecule has 1 aliphatic carbocycles. The molecule has 0 amide bonds. The fourth-order valence-electron chi connectivity index (χ4n) is 3.15. The first-order valence-electron chi connectivity index (χ1n) is 7.97. The van der Waals surface area contributed by atoms with Gasteiger partial charge < -0.3 is 0 Å². The predicted octanol–water partition coefficient (Wildman–Crippen LogP) is 4.29. The van der Waals surface area contributed by atoms with Crippen LogP contribution >= 0.6 is 27.3 Å². The Hall–Kier alpha value is -1.79. The summed E-state index contributed by atoms with van der Waals surface area (Å²) >= 11 is 5.12. The number of benzene rings is 1. The molecule has 0 atom stereocenters. The lowest BCUT2D eigenvalue weighted by molar-refractivity contribution is 0.698. The van der Waals surface area contributed by atoms with E-state index in [-0.39, 0.29) is 5.56 Å². The topological polar surface area (TPSA) is 47.2 Å². The molecule has 0 spiro atoms. The van der Waals surface area contributed by atoms with Gasteiger partial charge in [-0.25, -0.2) is 4.98 Å². The molecule has 3 aromatic rings. The van der Waals surface area contributed by atoms with Crippen molar-refractivity contribution in [2.45, 2.75) is 32.6 Å². The van der Waals surface area contributed by atoms with E-state index >= 15 is 0 Å². The van der Waals surface area contributed by atoms with E-state index in [1.807, 2.05) is 31.2 Å². The van der Waals surface area contributed by atoms with Crippen molar-refractivity contribution in [3.8, 4) is 0 Å². The first kappa shape index (κ1) is 15.7. The van der Waals surface area contributed by atoms with Crippen molar-refractivity contribution in [3.05, 3.63) is 60.9 Å². The molecular weight excluding hydrogens is 386 g/mol. The van der Waals surface area contributed by atoms with Crippen molar-refractivity contribution < 1.29 is 0 Å². The van der Waals surface area contributed by atoms with Gasteiger partial charge in [0, 0.05) is 9.35 Å². The third-order valence-electron chi connectivity index (χ3n) is 4.30. The molecule has 0 radical (unpaired) electrons. The number of fused-ring (bicyclic) bond motifs is 3. The van der Waals surface area contributed by atoms with Gasteiger partial charge in [-0.2, -0.15) is 9.78 Å². The number of nitrogens with zero attached hydrogens (tertiary/aromatic N) is 3. The largest absolute Gasteiger partial charge is 0.283 e. The minimum absolute atomic E-state index is 0.0526. The van der Waals surface area contributed by atoms with E-state index in [0.29, 0.717) is 5.82 Å². The van der Waals surface area contributed by atoms with Crippen molar-refractivity contribution in [1.82, 2.24) is 9.66 Å². The van der Waals surface area contributed by atoms with Gasteiger partial charge in [-0.1, -0.05) is 28.1 Å². The molecule has 1 aliphatic rings. The van der Waals surface area contributed by atoms with E-state index in [1.54, 1.807) is 17.6 Å². The second-order valence-corrected chi connectivity index (χ2v) is 7.97. The van der Waals surface area contributed by atoms with Crippen LogP contribution in [0.4, 0.5) is 0 Å². The molecule has 0 N–H and O–H groups in total. The second kappa shape index (κ2) is 6.26. The molecule has 4 nitrogen and oxygen atoms in total. The van der Waals surface area contributed by atoms with Gasteiger partial charge in [0.25, 0.3) is 5.56 Å². The zero-order valence-electron chi connectivity index (χ0n) is 13.3. The third-order valence-corrected chi connectivity index (χ3v) is 5.98. The van der Waals surface area contributed by atoms with Crippen LogP contribution in [0.15, 0.2) is 38.6 Å². The number of hydrogen-bond acceptors (Lipinski definition) is 4. The molecule has 0 saturated heterocycles. The van der Waals surface area contributed by atoms with Crippen LogP contribution < -0.4 is 5.56 Å². The molecule has 122 valence electrons. The second-order valence-electron chi connectivity index (χ2n) is 5.97. The van der Waals surface area contributed by atoms with E-state index in [9.17, 15) is 4.79 Å². The zero-order chi connectivity index (χ0) is 16.7. The average molecular weight is 402 g/mol. The highest BCUT2D eigenvalue weighted by Gasteiger charge is 2.20. The lowest BCUT2D eigenvalue weighted by atomic mass is 9.97. The van der Waals surface area contributed by atoms with Crippen LogP contribution in [0, 0.1) is 6.92 Å². The molecule has 6 heteroatoms.